The molecule has 1 spiro atoms. The molecule has 1 N–H and O–H groups in total. The Balaban J connectivity index is 2.02. The summed E-state index contributed by atoms with van der Waals surface area (Å²) in [4.78, 5) is 9.11. The third-order valence-corrected chi connectivity index (χ3v) is 7.43. The number of nitro groups is 1. The molecule has 1 aliphatic heterocycles. The van der Waals surface area contributed by atoms with Crippen molar-refractivity contribution in [1.29, 1.82) is 0 Å². The van der Waals surface area contributed by atoms with E-state index in [9.17, 15) is 40.1 Å². The lowest BCUT2D eigenvalue weighted by Gasteiger charge is -2.55. The largest absolute Gasteiger partial charge is 0.524 e. The number of hydroxylamine groups is 1. The van der Waals surface area contributed by atoms with Crippen LogP contribution in [0.4, 0.5) is 18.9 Å². The molecule has 1 aromatic rings. The normalized spacial score (nSPS) is 20.0. The Bertz CT molecular complexity index is 998. The highest BCUT2D eigenvalue weighted by Crippen LogP contribution is 2.48. The van der Waals surface area contributed by atoms with Gasteiger partial charge < -0.3 is 5.32 Å². The number of sulfonamides is 1. The molecule has 3 rings (SSSR count). The summed E-state index contributed by atoms with van der Waals surface area (Å²) in [6.45, 7) is 0.990. The zero-order chi connectivity index (χ0) is 21.0. The van der Waals surface area contributed by atoms with Gasteiger partial charge in [0, 0.05) is 19.2 Å². The average molecular weight is 445 g/mol. The van der Waals surface area contributed by atoms with Crippen LogP contribution < -0.4 is 5.32 Å². The molecule has 1 saturated carbocycles. The van der Waals surface area contributed by atoms with E-state index in [2.05, 4.69) is 9.60 Å². The van der Waals surface area contributed by atoms with Crippen molar-refractivity contribution in [3.05, 3.63) is 34.4 Å². The summed E-state index contributed by atoms with van der Waals surface area (Å²) in [5.74, 6) is 0. The van der Waals surface area contributed by atoms with E-state index in [1.807, 2.05) is 0 Å². The number of benzene rings is 1. The van der Waals surface area contributed by atoms with E-state index in [1.165, 1.54) is 0 Å². The predicted molar refractivity (Wildman–Crippen MR) is 86.5 cm³/mol. The predicted octanol–water partition coefficient (Wildman–Crippen LogP) is 1.12. The zero-order valence-electron chi connectivity index (χ0n) is 13.9. The molecular formula is C13H14F3N3O7S2. The van der Waals surface area contributed by atoms with Gasteiger partial charge in [-0.3, -0.25) is 10.1 Å². The highest BCUT2D eigenvalue weighted by molar-refractivity contribution is 7.91. The van der Waals surface area contributed by atoms with Crippen molar-refractivity contribution < 1.29 is 39.2 Å². The van der Waals surface area contributed by atoms with Gasteiger partial charge >= 0.3 is 15.6 Å². The first-order chi connectivity index (χ1) is 12.8. The van der Waals surface area contributed by atoms with Crippen LogP contribution in [0.5, 0.6) is 0 Å². The zero-order valence-corrected chi connectivity index (χ0v) is 15.6. The second-order valence-corrected chi connectivity index (χ2v) is 9.90. The molecule has 0 bridgehead atoms. The van der Waals surface area contributed by atoms with Crippen LogP contribution >= 0.6 is 0 Å². The minimum Gasteiger partial charge on any atom is -0.316 e. The maximum absolute atomic E-state index is 12.9. The third-order valence-electron chi connectivity index (χ3n) is 4.67. The van der Waals surface area contributed by atoms with Gasteiger partial charge in [-0.2, -0.15) is 25.9 Å². The van der Waals surface area contributed by atoms with Crippen molar-refractivity contribution in [1.82, 2.24) is 9.79 Å². The van der Waals surface area contributed by atoms with Crippen LogP contribution in [0.2, 0.25) is 0 Å². The van der Waals surface area contributed by atoms with Gasteiger partial charge in [-0.1, -0.05) is 16.6 Å². The van der Waals surface area contributed by atoms with Crippen molar-refractivity contribution in [3.63, 3.8) is 0 Å². The Hall–Kier alpha value is -1.81. The number of alkyl halides is 3. The van der Waals surface area contributed by atoms with E-state index in [0.717, 1.165) is 24.3 Å². The van der Waals surface area contributed by atoms with Gasteiger partial charge in [-0.25, -0.2) is 8.42 Å². The molecule has 1 saturated heterocycles. The highest BCUT2D eigenvalue weighted by Gasteiger charge is 2.57. The first kappa shape index (κ1) is 20.9. The number of nitrogens with one attached hydrogen (secondary N) is 1. The van der Waals surface area contributed by atoms with Crippen LogP contribution in [0.3, 0.4) is 0 Å². The van der Waals surface area contributed by atoms with Crippen molar-refractivity contribution in [2.24, 2.45) is 5.41 Å². The molecule has 2 aliphatic rings. The highest BCUT2D eigenvalue weighted by atomic mass is 32.2. The number of halogens is 3. The fourth-order valence-electron chi connectivity index (χ4n) is 3.22. The van der Waals surface area contributed by atoms with E-state index in [4.69, 9.17) is 0 Å². The number of hydrogen-bond acceptors (Lipinski definition) is 8. The van der Waals surface area contributed by atoms with Crippen molar-refractivity contribution in [2.75, 3.05) is 13.1 Å². The molecule has 0 amide bonds. The van der Waals surface area contributed by atoms with Gasteiger partial charge in [0.05, 0.1) is 11.0 Å². The van der Waals surface area contributed by atoms with Crippen LogP contribution in [0.1, 0.15) is 12.8 Å². The molecule has 0 unspecified atom stereocenters. The first-order valence-corrected chi connectivity index (χ1v) is 10.6. The molecular weight excluding hydrogens is 431 g/mol. The second-order valence-electron chi connectivity index (χ2n) is 6.63. The third kappa shape index (κ3) is 3.47. The Morgan fingerprint density at radius 3 is 2.21 bits per heavy atom. The van der Waals surface area contributed by atoms with E-state index < -0.39 is 47.2 Å². The van der Waals surface area contributed by atoms with Gasteiger partial charge in [0.15, 0.2) is 4.90 Å². The maximum Gasteiger partial charge on any atom is 0.524 e. The molecule has 156 valence electrons. The molecule has 2 fully saturated rings. The van der Waals surface area contributed by atoms with Gasteiger partial charge in [-0.05, 0) is 24.3 Å². The standard InChI is InChI=1S/C13H14F3N3O7S2/c14-13(15,16)28(24,25)26-19(9-5-12(6-9)7-17-8-12)27(22,23)11-4-2-1-3-10(11)18(20)21/h1-4,9,17H,5-8H2. The lowest BCUT2D eigenvalue weighted by atomic mass is 9.62. The minimum atomic E-state index is -6.31. The smallest absolute Gasteiger partial charge is 0.316 e. The summed E-state index contributed by atoms with van der Waals surface area (Å²) < 4.78 is 90.6. The van der Waals surface area contributed by atoms with E-state index >= 15 is 0 Å². The van der Waals surface area contributed by atoms with E-state index in [-0.39, 0.29) is 22.7 Å². The van der Waals surface area contributed by atoms with Crippen molar-refractivity contribution in [2.45, 2.75) is 29.3 Å². The number of nitro benzene ring substituents is 1. The molecule has 1 heterocycles. The summed E-state index contributed by atoms with van der Waals surface area (Å²) in [7, 11) is -11.4. The average Bonchev–Trinajstić information content (AvgIpc) is 2.49. The summed E-state index contributed by atoms with van der Waals surface area (Å²) >= 11 is 0. The Labute approximate surface area is 157 Å². The van der Waals surface area contributed by atoms with Crippen molar-refractivity contribution in [3.8, 4) is 0 Å². The van der Waals surface area contributed by atoms with Crippen molar-refractivity contribution >= 4 is 25.8 Å². The molecule has 0 aromatic heterocycles. The number of para-hydroxylation sites is 1. The Kier molecular flexibility index (Phi) is 4.94. The minimum absolute atomic E-state index is 0.0488. The summed E-state index contributed by atoms with van der Waals surface area (Å²) in [5.41, 5.74) is -7.14. The van der Waals surface area contributed by atoms with Gasteiger partial charge in [-0.15, -0.1) is 0 Å². The van der Waals surface area contributed by atoms with Crippen LogP contribution in [-0.2, 0) is 24.4 Å². The van der Waals surface area contributed by atoms with Gasteiger partial charge in [0.1, 0.15) is 0 Å². The lowest BCUT2D eigenvalue weighted by molar-refractivity contribution is -0.387. The fraction of sp³-hybridized carbons (Fsp3) is 0.538. The van der Waals surface area contributed by atoms with E-state index in [0.29, 0.717) is 13.1 Å². The number of nitrogens with zero attached hydrogens (tertiary/aromatic N) is 2. The molecule has 1 aromatic carbocycles. The van der Waals surface area contributed by atoms with Crippen LogP contribution in [0.15, 0.2) is 29.2 Å². The van der Waals surface area contributed by atoms with Gasteiger partial charge in [0.2, 0.25) is 0 Å². The topological polar surface area (TPSA) is 136 Å². The fourth-order valence-corrected chi connectivity index (χ4v) is 5.57. The van der Waals surface area contributed by atoms with Crippen LogP contribution in [-0.4, -0.2) is 50.9 Å². The Morgan fingerprint density at radius 1 is 1.18 bits per heavy atom. The quantitative estimate of drug-likeness (QED) is 0.391. The number of hydrogen-bond donors (Lipinski definition) is 1. The molecule has 1 aliphatic carbocycles. The lowest BCUT2D eigenvalue weighted by Crippen LogP contribution is -2.65. The SMILES string of the molecule is O=[N+]([O-])c1ccccc1S(=O)(=O)N(OS(=O)(=O)C(F)(F)F)C1CC2(CNC2)C1. The second kappa shape index (κ2) is 6.62. The molecule has 28 heavy (non-hydrogen) atoms. The van der Waals surface area contributed by atoms with Gasteiger partial charge in [0.25, 0.3) is 15.7 Å². The molecule has 0 radical (unpaired) electrons. The summed E-state index contributed by atoms with van der Waals surface area (Å²) in [6, 6.07) is 2.69. The first-order valence-electron chi connectivity index (χ1n) is 7.79. The molecule has 15 heteroatoms. The molecule has 10 nitrogen and oxygen atoms in total. The Morgan fingerprint density at radius 2 is 1.75 bits per heavy atom. The maximum atomic E-state index is 12.9. The summed E-state index contributed by atoms with van der Waals surface area (Å²) in [6.07, 6.45) is 0.0977. The van der Waals surface area contributed by atoms with Crippen LogP contribution in [0.25, 0.3) is 0 Å². The van der Waals surface area contributed by atoms with Crippen LogP contribution in [0, 0.1) is 15.5 Å². The summed E-state index contributed by atoms with van der Waals surface area (Å²) in [5, 5.41) is 14.1. The van der Waals surface area contributed by atoms with E-state index in [1.54, 1.807) is 0 Å². The molecule has 0 atom stereocenters. The number of rotatable bonds is 6. The monoisotopic (exact) mass is 445 g/mol.